The van der Waals surface area contributed by atoms with Gasteiger partial charge in [-0.05, 0) is 38.5 Å². The Hall–Kier alpha value is -0.240. The van der Waals surface area contributed by atoms with Crippen molar-refractivity contribution in [3.05, 3.63) is 0 Å². The molecule has 138 valence electrons. The van der Waals surface area contributed by atoms with E-state index in [1.165, 1.54) is 38.5 Å². The van der Waals surface area contributed by atoms with Gasteiger partial charge < -0.3 is 14.2 Å². The van der Waals surface area contributed by atoms with Crippen molar-refractivity contribution in [2.24, 2.45) is 0 Å². The molecule has 6 heteroatoms. The van der Waals surface area contributed by atoms with Crippen LogP contribution in [0.15, 0.2) is 0 Å². The highest BCUT2D eigenvalue weighted by Crippen LogP contribution is 2.20. The molecule has 0 radical (unpaired) electrons. The fourth-order valence-corrected chi connectivity index (χ4v) is 4.56. The van der Waals surface area contributed by atoms with Gasteiger partial charge in [0, 0.05) is 39.5 Å². The summed E-state index contributed by atoms with van der Waals surface area (Å²) in [4.78, 5) is 7.68. The quantitative estimate of drug-likeness (QED) is 0.726. The first-order valence-corrected chi connectivity index (χ1v) is 9.87. The molecule has 0 amide bonds. The van der Waals surface area contributed by atoms with Gasteiger partial charge in [-0.15, -0.1) is 0 Å². The standard InChI is InChI=1S/C18H33N3O3/c1-4-16(22-7-1)10-19-13-20(11-17-5-2-8-23-17)15-21(14-19)12-18-6-3-9-24-18/h16-18H,1-15H2/t16-,17-,18+/m1/s1. The van der Waals surface area contributed by atoms with Crippen molar-refractivity contribution in [1.29, 1.82) is 0 Å². The monoisotopic (exact) mass is 339 g/mol. The van der Waals surface area contributed by atoms with Gasteiger partial charge in [-0.2, -0.15) is 0 Å². The highest BCUT2D eigenvalue weighted by atomic mass is 16.5. The minimum absolute atomic E-state index is 0.428. The molecule has 4 rings (SSSR count). The van der Waals surface area contributed by atoms with Crippen LogP contribution in [-0.2, 0) is 14.2 Å². The summed E-state index contributed by atoms with van der Waals surface area (Å²) in [6.45, 7) is 9.14. The van der Waals surface area contributed by atoms with Gasteiger partial charge in [-0.25, -0.2) is 0 Å². The lowest BCUT2D eigenvalue weighted by Gasteiger charge is -2.44. The number of hydrogen-bond donors (Lipinski definition) is 0. The van der Waals surface area contributed by atoms with Crippen LogP contribution in [0, 0.1) is 0 Å². The summed E-state index contributed by atoms with van der Waals surface area (Å²) < 4.78 is 17.6. The molecule has 4 aliphatic heterocycles. The van der Waals surface area contributed by atoms with Gasteiger partial charge in [0.2, 0.25) is 0 Å². The largest absolute Gasteiger partial charge is 0.377 e. The summed E-state index contributed by atoms with van der Waals surface area (Å²) >= 11 is 0. The fourth-order valence-electron chi connectivity index (χ4n) is 4.56. The van der Waals surface area contributed by atoms with Crippen molar-refractivity contribution >= 4 is 0 Å². The Balaban J connectivity index is 1.33. The van der Waals surface area contributed by atoms with Crippen LogP contribution in [0.25, 0.3) is 0 Å². The first-order chi connectivity index (χ1) is 11.8. The Morgan fingerprint density at radius 2 is 0.875 bits per heavy atom. The molecule has 4 saturated heterocycles. The van der Waals surface area contributed by atoms with Gasteiger partial charge in [0.15, 0.2) is 0 Å². The second kappa shape index (κ2) is 8.43. The number of hydrogen-bond acceptors (Lipinski definition) is 6. The average molecular weight is 339 g/mol. The molecule has 3 atom stereocenters. The zero-order chi connectivity index (χ0) is 16.2. The molecule has 0 aromatic heterocycles. The van der Waals surface area contributed by atoms with E-state index in [1.807, 2.05) is 0 Å². The molecular formula is C18H33N3O3. The van der Waals surface area contributed by atoms with Crippen LogP contribution in [-0.4, -0.2) is 92.5 Å². The predicted molar refractivity (Wildman–Crippen MR) is 91.6 cm³/mol. The molecule has 0 unspecified atom stereocenters. The summed E-state index contributed by atoms with van der Waals surface area (Å²) in [6.07, 6.45) is 8.59. The van der Waals surface area contributed by atoms with Gasteiger partial charge in [0.25, 0.3) is 0 Å². The lowest BCUT2D eigenvalue weighted by Crippen LogP contribution is -2.58. The van der Waals surface area contributed by atoms with E-state index in [9.17, 15) is 0 Å². The molecule has 4 heterocycles. The number of rotatable bonds is 6. The second-order valence-electron chi connectivity index (χ2n) is 7.89. The maximum atomic E-state index is 5.86. The van der Waals surface area contributed by atoms with Gasteiger partial charge in [0.1, 0.15) is 0 Å². The van der Waals surface area contributed by atoms with Crippen molar-refractivity contribution in [3.8, 4) is 0 Å². The molecule has 0 spiro atoms. The molecule has 0 aromatic rings. The van der Waals surface area contributed by atoms with Crippen LogP contribution < -0.4 is 0 Å². The average Bonchev–Trinajstić information content (AvgIpc) is 3.30. The van der Waals surface area contributed by atoms with Gasteiger partial charge in [-0.3, -0.25) is 14.7 Å². The van der Waals surface area contributed by atoms with Crippen molar-refractivity contribution < 1.29 is 14.2 Å². The SMILES string of the molecule is C1CO[C@@H](CN2CN(C[C@H]3CCCO3)CN(C[C@@H]3CCCO3)C2)C1. The van der Waals surface area contributed by atoms with Crippen molar-refractivity contribution in [2.45, 2.75) is 56.8 Å². The summed E-state index contributed by atoms with van der Waals surface area (Å²) in [5.74, 6) is 0. The third-order valence-electron chi connectivity index (χ3n) is 5.66. The molecule has 0 bridgehead atoms. The smallest absolute Gasteiger partial charge is 0.0703 e. The Morgan fingerprint density at radius 3 is 1.12 bits per heavy atom. The minimum Gasteiger partial charge on any atom is -0.377 e. The van der Waals surface area contributed by atoms with E-state index in [-0.39, 0.29) is 0 Å². The third-order valence-corrected chi connectivity index (χ3v) is 5.66. The van der Waals surface area contributed by atoms with Crippen LogP contribution >= 0.6 is 0 Å². The van der Waals surface area contributed by atoms with Gasteiger partial charge >= 0.3 is 0 Å². The van der Waals surface area contributed by atoms with Gasteiger partial charge in [0.05, 0.1) is 38.3 Å². The van der Waals surface area contributed by atoms with Crippen LogP contribution in [0.1, 0.15) is 38.5 Å². The van der Waals surface area contributed by atoms with E-state index in [2.05, 4.69) is 14.7 Å². The molecule has 6 nitrogen and oxygen atoms in total. The molecule has 0 saturated carbocycles. The third kappa shape index (κ3) is 4.68. The molecule has 24 heavy (non-hydrogen) atoms. The van der Waals surface area contributed by atoms with E-state index in [1.54, 1.807) is 0 Å². The van der Waals surface area contributed by atoms with Crippen LogP contribution in [0.5, 0.6) is 0 Å². The van der Waals surface area contributed by atoms with E-state index < -0.39 is 0 Å². The maximum absolute atomic E-state index is 5.86. The second-order valence-corrected chi connectivity index (χ2v) is 7.89. The minimum atomic E-state index is 0.428. The highest BCUT2D eigenvalue weighted by Gasteiger charge is 2.31. The maximum Gasteiger partial charge on any atom is 0.0703 e. The zero-order valence-electron chi connectivity index (χ0n) is 14.9. The molecule has 4 aliphatic rings. The molecule has 0 N–H and O–H groups in total. The van der Waals surface area contributed by atoms with E-state index in [4.69, 9.17) is 14.2 Å². The summed E-state index contributed by atoms with van der Waals surface area (Å²) in [7, 11) is 0. The Kier molecular flexibility index (Phi) is 6.04. The van der Waals surface area contributed by atoms with E-state index in [0.717, 1.165) is 59.5 Å². The molecular weight excluding hydrogens is 306 g/mol. The van der Waals surface area contributed by atoms with E-state index >= 15 is 0 Å². The summed E-state index contributed by atoms with van der Waals surface area (Å²) in [6, 6.07) is 0. The van der Waals surface area contributed by atoms with E-state index in [0.29, 0.717) is 18.3 Å². The zero-order valence-corrected chi connectivity index (χ0v) is 14.9. The predicted octanol–water partition coefficient (Wildman–Crippen LogP) is 1.32. The first-order valence-electron chi connectivity index (χ1n) is 9.87. The summed E-state index contributed by atoms with van der Waals surface area (Å²) in [5, 5.41) is 0. The Morgan fingerprint density at radius 1 is 0.542 bits per heavy atom. The first kappa shape index (κ1) is 17.2. The molecule has 4 fully saturated rings. The lowest BCUT2D eigenvalue weighted by molar-refractivity contribution is -0.0763. The van der Waals surface area contributed by atoms with Crippen molar-refractivity contribution in [1.82, 2.24) is 14.7 Å². The Labute approximate surface area is 146 Å². The number of ether oxygens (including phenoxy) is 3. The van der Waals surface area contributed by atoms with Crippen molar-refractivity contribution in [2.75, 3.05) is 59.5 Å². The lowest BCUT2D eigenvalue weighted by atomic mass is 10.2. The van der Waals surface area contributed by atoms with Gasteiger partial charge in [-0.1, -0.05) is 0 Å². The molecule has 0 aromatic carbocycles. The summed E-state index contributed by atoms with van der Waals surface area (Å²) in [5.41, 5.74) is 0. The van der Waals surface area contributed by atoms with Crippen LogP contribution in [0.4, 0.5) is 0 Å². The topological polar surface area (TPSA) is 37.4 Å². The van der Waals surface area contributed by atoms with Crippen LogP contribution in [0.3, 0.4) is 0 Å². The van der Waals surface area contributed by atoms with Crippen LogP contribution in [0.2, 0.25) is 0 Å². The molecule has 0 aliphatic carbocycles. The number of nitrogens with zero attached hydrogens (tertiary/aromatic N) is 3. The normalized spacial score (nSPS) is 36.8. The fraction of sp³-hybridized carbons (Fsp3) is 1.00. The highest BCUT2D eigenvalue weighted by molar-refractivity contribution is 4.80. The van der Waals surface area contributed by atoms with Crippen molar-refractivity contribution in [3.63, 3.8) is 0 Å². The Bertz CT molecular complexity index is 317.